The van der Waals surface area contributed by atoms with Crippen LogP contribution in [0.25, 0.3) is 0 Å². The molecule has 1 fully saturated rings. The molecule has 2 rings (SSSR count). The first kappa shape index (κ1) is 18.9. The largest absolute Gasteiger partial charge is 0.456 e. The van der Waals surface area contributed by atoms with Gasteiger partial charge in [-0.1, -0.05) is 15.9 Å². The van der Waals surface area contributed by atoms with E-state index in [1.165, 1.54) is 0 Å². The highest BCUT2D eigenvalue weighted by molar-refractivity contribution is 9.10. The minimum absolute atomic E-state index is 0.0150. The molecule has 0 spiro atoms. The van der Waals surface area contributed by atoms with Gasteiger partial charge in [0.1, 0.15) is 0 Å². The highest BCUT2D eigenvalue weighted by Crippen LogP contribution is 2.19. The molecule has 1 aromatic carbocycles. The number of nitrogens with zero attached hydrogens (tertiary/aromatic N) is 1. The lowest BCUT2D eigenvalue weighted by Gasteiger charge is -2.12. The van der Waals surface area contributed by atoms with E-state index < -0.39 is 24.5 Å². The molecular weight excluding hydrogens is 394 g/mol. The van der Waals surface area contributed by atoms with Crippen LogP contribution in [0.5, 0.6) is 0 Å². The molecule has 2 N–H and O–H groups in total. The van der Waals surface area contributed by atoms with E-state index in [1.807, 2.05) is 13.0 Å². The predicted molar refractivity (Wildman–Crippen MR) is 92.8 cm³/mol. The second kappa shape index (κ2) is 8.61. The summed E-state index contributed by atoms with van der Waals surface area (Å²) in [5.41, 5.74) is 1.52. The molecule has 0 aliphatic carbocycles. The zero-order valence-corrected chi connectivity index (χ0v) is 15.2. The number of nitrogens with one attached hydrogen (secondary N) is 2. The van der Waals surface area contributed by atoms with Crippen molar-refractivity contribution in [3.8, 4) is 0 Å². The second-order valence-electron chi connectivity index (χ2n) is 5.48. The summed E-state index contributed by atoms with van der Waals surface area (Å²) in [6.45, 7) is 1.59. The fraction of sp³-hybridized carbons (Fsp3) is 0.375. The van der Waals surface area contributed by atoms with Gasteiger partial charge in [0.05, 0.1) is 6.54 Å². The van der Waals surface area contributed by atoms with Crippen LogP contribution in [0.4, 0.5) is 10.5 Å². The van der Waals surface area contributed by atoms with E-state index in [1.54, 1.807) is 12.1 Å². The highest BCUT2D eigenvalue weighted by atomic mass is 79.9. The number of urea groups is 1. The van der Waals surface area contributed by atoms with Crippen molar-refractivity contribution >= 4 is 45.4 Å². The number of rotatable bonds is 7. The minimum Gasteiger partial charge on any atom is -0.456 e. The molecule has 0 bridgehead atoms. The van der Waals surface area contributed by atoms with Crippen molar-refractivity contribution < 1.29 is 23.9 Å². The number of carbonyl (C=O) groups is 4. The van der Waals surface area contributed by atoms with Crippen molar-refractivity contribution in [1.82, 2.24) is 10.2 Å². The maximum absolute atomic E-state index is 11.8. The standard InChI is InChI=1S/C16H18BrN3O5/c1-10-7-11(17)4-5-12(10)19-13(21)9-25-15(23)3-2-6-20-14(22)8-18-16(20)24/h4-5,7H,2-3,6,8-9H2,1H3,(H,18,24)(H,19,21). The molecule has 1 saturated heterocycles. The molecule has 25 heavy (non-hydrogen) atoms. The van der Waals surface area contributed by atoms with Crippen molar-refractivity contribution in [2.75, 3.05) is 25.0 Å². The van der Waals surface area contributed by atoms with E-state index >= 15 is 0 Å². The molecule has 134 valence electrons. The molecule has 9 heteroatoms. The topological polar surface area (TPSA) is 105 Å². The third-order valence-electron chi connectivity index (χ3n) is 3.53. The van der Waals surface area contributed by atoms with Crippen LogP contribution in [0.15, 0.2) is 22.7 Å². The molecule has 4 amide bonds. The van der Waals surface area contributed by atoms with E-state index in [0.29, 0.717) is 5.69 Å². The molecule has 1 aliphatic rings. The number of halogens is 1. The summed E-state index contributed by atoms with van der Waals surface area (Å²) in [6, 6.07) is 4.95. The Balaban J connectivity index is 1.68. The van der Waals surface area contributed by atoms with Crippen molar-refractivity contribution in [3.63, 3.8) is 0 Å². The van der Waals surface area contributed by atoms with Crippen LogP contribution in [0.2, 0.25) is 0 Å². The first-order valence-electron chi connectivity index (χ1n) is 7.66. The van der Waals surface area contributed by atoms with Crippen molar-refractivity contribution in [1.29, 1.82) is 0 Å². The number of esters is 1. The van der Waals surface area contributed by atoms with Crippen LogP contribution >= 0.6 is 15.9 Å². The van der Waals surface area contributed by atoms with Crippen molar-refractivity contribution in [3.05, 3.63) is 28.2 Å². The smallest absolute Gasteiger partial charge is 0.324 e. The number of anilines is 1. The maximum atomic E-state index is 11.8. The van der Waals surface area contributed by atoms with E-state index in [2.05, 4.69) is 26.6 Å². The van der Waals surface area contributed by atoms with E-state index in [4.69, 9.17) is 4.74 Å². The van der Waals surface area contributed by atoms with Crippen LogP contribution in [0, 0.1) is 6.92 Å². The van der Waals surface area contributed by atoms with Gasteiger partial charge in [-0.15, -0.1) is 0 Å². The number of aryl methyl sites for hydroxylation is 1. The van der Waals surface area contributed by atoms with E-state index in [0.717, 1.165) is 14.9 Å². The quantitative estimate of drug-likeness (QED) is 0.523. The Bertz CT molecular complexity index is 691. The molecule has 0 saturated carbocycles. The van der Waals surface area contributed by atoms with Gasteiger partial charge in [0.2, 0.25) is 5.91 Å². The Morgan fingerprint density at radius 1 is 1.36 bits per heavy atom. The Kier molecular flexibility index (Phi) is 6.51. The Morgan fingerprint density at radius 3 is 2.76 bits per heavy atom. The minimum atomic E-state index is -0.560. The third-order valence-corrected chi connectivity index (χ3v) is 4.02. The van der Waals surface area contributed by atoms with Gasteiger partial charge in [-0.2, -0.15) is 0 Å². The number of hydrogen-bond acceptors (Lipinski definition) is 5. The first-order chi connectivity index (χ1) is 11.9. The van der Waals surface area contributed by atoms with Crippen LogP contribution < -0.4 is 10.6 Å². The molecule has 8 nitrogen and oxygen atoms in total. The number of amides is 4. The van der Waals surface area contributed by atoms with Crippen LogP contribution in [-0.4, -0.2) is 48.4 Å². The van der Waals surface area contributed by atoms with Gasteiger partial charge in [-0.25, -0.2) is 4.79 Å². The fourth-order valence-corrected chi connectivity index (χ4v) is 2.71. The van der Waals surface area contributed by atoms with Gasteiger partial charge < -0.3 is 15.4 Å². The zero-order chi connectivity index (χ0) is 18.4. The predicted octanol–water partition coefficient (Wildman–Crippen LogP) is 1.57. The molecule has 1 aromatic rings. The number of imide groups is 1. The number of carbonyl (C=O) groups excluding carboxylic acids is 4. The average Bonchev–Trinajstić information content (AvgIpc) is 2.87. The summed E-state index contributed by atoms with van der Waals surface area (Å²) in [7, 11) is 0. The first-order valence-corrected chi connectivity index (χ1v) is 8.46. The second-order valence-corrected chi connectivity index (χ2v) is 6.39. The lowest BCUT2D eigenvalue weighted by Crippen LogP contribution is -2.32. The summed E-state index contributed by atoms with van der Waals surface area (Å²) in [6.07, 6.45) is 0.299. The zero-order valence-electron chi connectivity index (χ0n) is 13.6. The SMILES string of the molecule is Cc1cc(Br)ccc1NC(=O)COC(=O)CCCN1C(=O)CNC1=O. The molecule has 0 radical (unpaired) electrons. The van der Waals surface area contributed by atoms with E-state index in [-0.39, 0.29) is 31.8 Å². The summed E-state index contributed by atoms with van der Waals surface area (Å²) in [5.74, 6) is -1.31. The van der Waals surface area contributed by atoms with Gasteiger partial charge in [-0.3, -0.25) is 19.3 Å². The monoisotopic (exact) mass is 411 g/mol. The number of ether oxygens (including phenoxy) is 1. The molecule has 0 unspecified atom stereocenters. The normalized spacial score (nSPS) is 13.6. The Labute approximate surface area is 153 Å². The summed E-state index contributed by atoms with van der Waals surface area (Å²) >= 11 is 3.34. The third kappa shape index (κ3) is 5.56. The molecule has 1 aliphatic heterocycles. The van der Waals surface area contributed by atoms with Gasteiger partial charge >= 0.3 is 12.0 Å². The molecular formula is C16H18BrN3O5. The molecule has 0 atom stereocenters. The number of hydrogen-bond donors (Lipinski definition) is 2. The molecule has 0 aromatic heterocycles. The van der Waals surface area contributed by atoms with Crippen LogP contribution in [0.1, 0.15) is 18.4 Å². The average molecular weight is 412 g/mol. The van der Waals surface area contributed by atoms with Gasteiger partial charge in [0.25, 0.3) is 5.91 Å². The van der Waals surface area contributed by atoms with Gasteiger partial charge in [-0.05, 0) is 37.1 Å². The maximum Gasteiger partial charge on any atom is 0.324 e. The highest BCUT2D eigenvalue weighted by Gasteiger charge is 2.27. The van der Waals surface area contributed by atoms with Gasteiger partial charge in [0.15, 0.2) is 6.61 Å². The van der Waals surface area contributed by atoms with Crippen LogP contribution in [0.3, 0.4) is 0 Å². The van der Waals surface area contributed by atoms with Crippen molar-refractivity contribution in [2.24, 2.45) is 0 Å². The summed E-state index contributed by atoms with van der Waals surface area (Å²) < 4.78 is 5.80. The molecule has 1 heterocycles. The van der Waals surface area contributed by atoms with Crippen LogP contribution in [-0.2, 0) is 19.1 Å². The number of benzene rings is 1. The summed E-state index contributed by atoms with van der Waals surface area (Å²) in [5, 5.41) is 5.06. The van der Waals surface area contributed by atoms with E-state index in [9.17, 15) is 19.2 Å². The Hall–Kier alpha value is -2.42. The summed E-state index contributed by atoms with van der Waals surface area (Å²) in [4.78, 5) is 47.2. The lowest BCUT2D eigenvalue weighted by atomic mass is 10.2. The fourth-order valence-electron chi connectivity index (χ4n) is 2.23. The van der Waals surface area contributed by atoms with Crippen molar-refractivity contribution in [2.45, 2.75) is 19.8 Å². The lowest BCUT2D eigenvalue weighted by molar-refractivity contribution is -0.147. The Morgan fingerprint density at radius 2 is 2.12 bits per heavy atom. The van der Waals surface area contributed by atoms with Gasteiger partial charge in [0, 0.05) is 23.1 Å².